The molecule has 9 heavy (non-hydrogen) atoms. The number of Topliss-reactive ketones (excluding diaryl/α,β-unsaturated/α-hetero) is 2. The highest BCUT2D eigenvalue weighted by Gasteiger charge is 2.31. The van der Waals surface area contributed by atoms with Gasteiger partial charge in [-0.2, -0.15) is 0 Å². The zero-order chi connectivity index (χ0) is 6.85. The topological polar surface area (TPSA) is 46.7 Å². The van der Waals surface area contributed by atoms with E-state index >= 15 is 0 Å². The predicted molar refractivity (Wildman–Crippen MR) is 30.0 cm³/mol. The maximum absolute atomic E-state index is 10.7. The zero-order valence-corrected chi connectivity index (χ0v) is 5.22. The largest absolute Gasteiger partial charge is 0.365 e. The second-order valence-electron chi connectivity index (χ2n) is 2.17. The molecule has 1 aliphatic rings. The van der Waals surface area contributed by atoms with E-state index in [-0.39, 0.29) is 24.1 Å². The molecule has 0 aromatic carbocycles. The Morgan fingerprint density at radius 3 is 2.56 bits per heavy atom. The van der Waals surface area contributed by atoms with E-state index in [4.69, 9.17) is 0 Å². The van der Waals surface area contributed by atoms with E-state index in [2.05, 4.69) is 4.74 Å². The Labute approximate surface area is 53.0 Å². The fourth-order valence-corrected chi connectivity index (χ4v) is 0.593. The number of epoxide rings is 1. The molecular formula is C6H8O3. The average Bonchev–Trinajstić information content (AvgIpc) is 2.40. The molecule has 0 N–H and O–H groups in total. The van der Waals surface area contributed by atoms with Crippen LogP contribution in [0.1, 0.15) is 13.3 Å². The molecular weight excluding hydrogens is 120 g/mol. The van der Waals surface area contributed by atoms with Crippen molar-refractivity contribution in [2.75, 3.05) is 6.61 Å². The molecule has 0 aliphatic carbocycles. The van der Waals surface area contributed by atoms with E-state index in [1.807, 2.05) is 0 Å². The van der Waals surface area contributed by atoms with Crippen LogP contribution in [0.5, 0.6) is 0 Å². The minimum absolute atomic E-state index is 0.0324. The van der Waals surface area contributed by atoms with Crippen molar-refractivity contribution in [3.05, 3.63) is 0 Å². The summed E-state index contributed by atoms with van der Waals surface area (Å²) in [6.45, 7) is 1.91. The van der Waals surface area contributed by atoms with Crippen LogP contribution in [-0.2, 0) is 14.3 Å². The van der Waals surface area contributed by atoms with E-state index in [1.165, 1.54) is 6.92 Å². The third-order valence-corrected chi connectivity index (χ3v) is 1.12. The monoisotopic (exact) mass is 128 g/mol. The number of ketones is 2. The molecule has 0 aromatic heterocycles. The molecule has 0 radical (unpaired) electrons. The highest BCUT2D eigenvalue weighted by Crippen LogP contribution is 2.11. The quantitative estimate of drug-likeness (QED) is 0.395. The molecule has 1 fully saturated rings. The lowest BCUT2D eigenvalue weighted by molar-refractivity contribution is -0.126. The van der Waals surface area contributed by atoms with Gasteiger partial charge in [-0.25, -0.2) is 0 Å². The lowest BCUT2D eigenvalue weighted by Gasteiger charge is -1.87. The van der Waals surface area contributed by atoms with E-state index in [0.29, 0.717) is 6.61 Å². The van der Waals surface area contributed by atoms with E-state index in [0.717, 1.165) is 0 Å². The summed E-state index contributed by atoms with van der Waals surface area (Å²) >= 11 is 0. The minimum Gasteiger partial charge on any atom is -0.365 e. The molecule has 3 heteroatoms. The van der Waals surface area contributed by atoms with Crippen LogP contribution in [0.15, 0.2) is 0 Å². The number of carbonyl (C=O) groups is 2. The summed E-state index contributed by atoms with van der Waals surface area (Å²) in [7, 11) is 0. The summed E-state index contributed by atoms with van der Waals surface area (Å²) in [4.78, 5) is 21.0. The third-order valence-electron chi connectivity index (χ3n) is 1.12. The zero-order valence-electron chi connectivity index (χ0n) is 5.22. The van der Waals surface area contributed by atoms with Crippen LogP contribution >= 0.6 is 0 Å². The van der Waals surface area contributed by atoms with E-state index < -0.39 is 0 Å². The summed E-state index contributed by atoms with van der Waals surface area (Å²) in [5.41, 5.74) is 0. The molecule has 50 valence electrons. The van der Waals surface area contributed by atoms with Crippen LogP contribution in [0.4, 0.5) is 0 Å². The first-order valence-electron chi connectivity index (χ1n) is 2.84. The Kier molecular flexibility index (Phi) is 1.62. The smallest absolute Gasteiger partial charge is 0.171 e. The first-order chi connectivity index (χ1) is 4.20. The fourth-order valence-electron chi connectivity index (χ4n) is 0.593. The van der Waals surface area contributed by atoms with Crippen LogP contribution in [0.3, 0.4) is 0 Å². The number of hydrogen-bond acceptors (Lipinski definition) is 3. The average molecular weight is 128 g/mol. The van der Waals surface area contributed by atoms with Crippen molar-refractivity contribution in [1.29, 1.82) is 0 Å². The Hall–Kier alpha value is -0.700. The number of carbonyl (C=O) groups excluding carboxylic acids is 2. The SMILES string of the molecule is CC(=O)CC(=O)C1CO1. The molecule has 0 spiro atoms. The molecule has 0 amide bonds. The fraction of sp³-hybridized carbons (Fsp3) is 0.667. The van der Waals surface area contributed by atoms with Crippen molar-refractivity contribution in [1.82, 2.24) is 0 Å². The standard InChI is InChI=1S/C6H8O3/c1-4(7)2-5(8)6-3-9-6/h6H,2-3H2,1H3. The van der Waals surface area contributed by atoms with Crippen molar-refractivity contribution >= 4 is 11.6 Å². The van der Waals surface area contributed by atoms with Crippen molar-refractivity contribution in [3.63, 3.8) is 0 Å². The molecule has 1 aliphatic heterocycles. The highest BCUT2D eigenvalue weighted by molar-refractivity contribution is 6.00. The van der Waals surface area contributed by atoms with Crippen LogP contribution in [0.2, 0.25) is 0 Å². The van der Waals surface area contributed by atoms with Crippen LogP contribution < -0.4 is 0 Å². The molecule has 1 unspecified atom stereocenters. The van der Waals surface area contributed by atoms with Gasteiger partial charge in [-0.15, -0.1) is 0 Å². The molecule has 1 rings (SSSR count). The van der Waals surface area contributed by atoms with Crippen molar-refractivity contribution < 1.29 is 14.3 Å². The number of ether oxygens (including phenoxy) is 1. The normalized spacial score (nSPS) is 23.4. The van der Waals surface area contributed by atoms with Gasteiger partial charge >= 0.3 is 0 Å². The molecule has 0 saturated carbocycles. The summed E-state index contributed by atoms with van der Waals surface area (Å²) in [6.07, 6.45) is -0.223. The molecule has 0 aromatic rings. The van der Waals surface area contributed by atoms with Crippen molar-refractivity contribution in [2.24, 2.45) is 0 Å². The van der Waals surface area contributed by atoms with Gasteiger partial charge in [-0.3, -0.25) is 9.59 Å². The molecule has 3 nitrogen and oxygen atoms in total. The number of hydrogen-bond donors (Lipinski definition) is 0. The Morgan fingerprint density at radius 2 is 2.22 bits per heavy atom. The van der Waals surface area contributed by atoms with E-state index in [9.17, 15) is 9.59 Å². The van der Waals surface area contributed by atoms with Gasteiger partial charge in [0.1, 0.15) is 11.9 Å². The lowest BCUT2D eigenvalue weighted by Crippen LogP contribution is -2.10. The molecule has 0 bridgehead atoms. The lowest BCUT2D eigenvalue weighted by atomic mass is 10.2. The van der Waals surface area contributed by atoms with Crippen molar-refractivity contribution in [2.45, 2.75) is 19.4 Å². The van der Waals surface area contributed by atoms with E-state index in [1.54, 1.807) is 0 Å². The molecule has 1 saturated heterocycles. The maximum atomic E-state index is 10.7. The van der Waals surface area contributed by atoms with Gasteiger partial charge in [0.15, 0.2) is 5.78 Å². The first-order valence-corrected chi connectivity index (χ1v) is 2.84. The summed E-state index contributed by atoms with van der Waals surface area (Å²) in [5, 5.41) is 0. The Morgan fingerprint density at radius 1 is 1.67 bits per heavy atom. The van der Waals surface area contributed by atoms with Gasteiger partial charge in [-0.05, 0) is 6.92 Å². The van der Waals surface area contributed by atoms with Crippen LogP contribution in [-0.4, -0.2) is 24.3 Å². The molecule has 1 atom stereocenters. The predicted octanol–water partition coefficient (Wildman–Crippen LogP) is -0.0666. The number of rotatable bonds is 3. The van der Waals surface area contributed by atoms with Gasteiger partial charge in [0.05, 0.1) is 13.0 Å². The minimum atomic E-state index is -0.256. The van der Waals surface area contributed by atoms with Gasteiger partial charge in [0, 0.05) is 0 Å². The van der Waals surface area contributed by atoms with Gasteiger partial charge in [0.2, 0.25) is 0 Å². The van der Waals surface area contributed by atoms with Gasteiger partial charge in [0.25, 0.3) is 0 Å². The third kappa shape index (κ3) is 1.93. The summed E-state index contributed by atoms with van der Waals surface area (Å²) in [5.74, 6) is -0.169. The summed E-state index contributed by atoms with van der Waals surface area (Å²) in [6, 6.07) is 0. The van der Waals surface area contributed by atoms with Crippen LogP contribution in [0, 0.1) is 0 Å². The Balaban J connectivity index is 2.26. The second kappa shape index (κ2) is 2.27. The first kappa shape index (κ1) is 6.42. The van der Waals surface area contributed by atoms with Crippen LogP contribution in [0.25, 0.3) is 0 Å². The highest BCUT2D eigenvalue weighted by atomic mass is 16.6. The summed E-state index contributed by atoms with van der Waals surface area (Å²) < 4.78 is 4.67. The molecule has 1 heterocycles. The maximum Gasteiger partial charge on any atom is 0.171 e. The van der Waals surface area contributed by atoms with Gasteiger partial charge < -0.3 is 4.74 Å². The van der Waals surface area contributed by atoms with Gasteiger partial charge in [-0.1, -0.05) is 0 Å². The van der Waals surface area contributed by atoms with Crippen molar-refractivity contribution in [3.8, 4) is 0 Å². The Bertz CT molecular complexity index is 146. The second-order valence-corrected chi connectivity index (χ2v) is 2.17.